The van der Waals surface area contributed by atoms with Crippen LogP contribution in [-0.2, 0) is 45.2 Å². The Morgan fingerprint density at radius 1 is 0.855 bits per heavy atom. The summed E-state index contributed by atoms with van der Waals surface area (Å²) in [6.45, 7) is 11.4. The number of aryl methyl sites for hydroxylation is 3. The summed E-state index contributed by atoms with van der Waals surface area (Å²) in [6.07, 6.45) is 3.78. The molecule has 0 aliphatic carbocycles. The SMILES string of the molecule is CC(C)(C)OC(=O)CCc1cc(CCNS(=O)(=O)c2ccc(Cl)cc2)cc(CCc2ccccc2OCCCN2CCN(c3nsc4ccccc34)CC2)c1. The molecule has 1 aliphatic heterocycles. The van der Waals surface area contributed by atoms with Crippen LogP contribution in [0, 0.1) is 0 Å². The number of carbonyl (C=O) groups is 1. The number of fused-ring (bicyclic) bond motifs is 1. The number of rotatable bonds is 17. The molecule has 1 aliphatic rings. The van der Waals surface area contributed by atoms with Crippen LogP contribution < -0.4 is 14.4 Å². The Bertz CT molecular complexity index is 2140. The molecule has 0 bridgehead atoms. The maximum Gasteiger partial charge on any atom is 0.306 e. The van der Waals surface area contributed by atoms with E-state index in [-0.39, 0.29) is 23.8 Å². The molecular weight excluding hydrogens is 752 g/mol. The average molecular weight is 803 g/mol. The molecule has 0 atom stereocenters. The number of aromatic nitrogens is 1. The van der Waals surface area contributed by atoms with E-state index in [1.165, 1.54) is 22.2 Å². The Morgan fingerprint density at radius 2 is 1.53 bits per heavy atom. The van der Waals surface area contributed by atoms with Crippen molar-refractivity contribution >= 4 is 55.0 Å². The highest BCUT2D eigenvalue weighted by Gasteiger charge is 2.21. The fourth-order valence-electron chi connectivity index (χ4n) is 6.82. The van der Waals surface area contributed by atoms with E-state index in [4.69, 9.17) is 25.4 Å². The number of ether oxygens (including phenoxy) is 2. The summed E-state index contributed by atoms with van der Waals surface area (Å²) in [5.41, 5.74) is 3.74. The second kappa shape index (κ2) is 18.8. The fourth-order valence-corrected chi connectivity index (χ4v) is 8.78. The number of para-hydroxylation sites is 1. The minimum Gasteiger partial charge on any atom is -0.493 e. The number of esters is 1. The van der Waals surface area contributed by atoms with Gasteiger partial charge in [0.15, 0.2) is 0 Å². The number of piperazine rings is 1. The van der Waals surface area contributed by atoms with Gasteiger partial charge in [-0.05, 0) is 129 Å². The molecule has 0 saturated carbocycles. The van der Waals surface area contributed by atoms with Gasteiger partial charge in [0.1, 0.15) is 17.2 Å². The van der Waals surface area contributed by atoms with Gasteiger partial charge in [0.05, 0.1) is 16.2 Å². The van der Waals surface area contributed by atoms with Crippen LogP contribution in [0.2, 0.25) is 5.02 Å². The first-order valence-electron chi connectivity index (χ1n) is 19.0. The zero-order valence-corrected chi connectivity index (χ0v) is 34.3. The smallest absolute Gasteiger partial charge is 0.306 e. The third-order valence-corrected chi connectivity index (χ3v) is 12.1. The van der Waals surface area contributed by atoms with Crippen LogP contribution in [-0.4, -0.2) is 75.1 Å². The highest BCUT2D eigenvalue weighted by atomic mass is 35.5. The summed E-state index contributed by atoms with van der Waals surface area (Å²) in [6, 6.07) is 29.1. The van der Waals surface area contributed by atoms with Crippen LogP contribution in [0.25, 0.3) is 10.1 Å². The maximum atomic E-state index is 12.9. The summed E-state index contributed by atoms with van der Waals surface area (Å²) < 4.78 is 46.4. The lowest BCUT2D eigenvalue weighted by Crippen LogP contribution is -2.47. The molecule has 0 spiro atoms. The van der Waals surface area contributed by atoms with E-state index in [2.05, 4.69) is 63.1 Å². The van der Waals surface area contributed by atoms with Crippen LogP contribution in [0.4, 0.5) is 5.82 Å². The summed E-state index contributed by atoms with van der Waals surface area (Å²) in [5.74, 6) is 1.77. The molecule has 1 fully saturated rings. The van der Waals surface area contributed by atoms with Crippen molar-refractivity contribution < 1.29 is 22.7 Å². The molecular formula is C43H51ClN4O5S2. The van der Waals surface area contributed by atoms with Gasteiger partial charge in [0, 0.05) is 56.1 Å². The van der Waals surface area contributed by atoms with E-state index < -0.39 is 15.6 Å². The van der Waals surface area contributed by atoms with Crippen molar-refractivity contribution in [3.8, 4) is 5.75 Å². The third kappa shape index (κ3) is 12.0. The second-order valence-electron chi connectivity index (χ2n) is 15.0. The molecule has 0 radical (unpaired) electrons. The van der Waals surface area contributed by atoms with Gasteiger partial charge in [0.25, 0.3) is 0 Å². The summed E-state index contributed by atoms with van der Waals surface area (Å²) >= 11 is 7.53. The first-order valence-corrected chi connectivity index (χ1v) is 21.7. The van der Waals surface area contributed by atoms with E-state index in [1.54, 1.807) is 23.7 Å². The zero-order valence-electron chi connectivity index (χ0n) is 31.9. The molecule has 4 aromatic carbocycles. The first-order chi connectivity index (χ1) is 26.4. The Hall–Kier alpha value is -4.00. The lowest BCUT2D eigenvalue weighted by molar-refractivity contribution is -0.154. The van der Waals surface area contributed by atoms with Crippen molar-refractivity contribution in [3.63, 3.8) is 0 Å². The average Bonchev–Trinajstić information content (AvgIpc) is 3.59. The van der Waals surface area contributed by atoms with E-state index in [0.717, 1.165) is 85.8 Å². The van der Waals surface area contributed by atoms with E-state index >= 15 is 0 Å². The number of sulfonamides is 1. The van der Waals surface area contributed by atoms with Crippen molar-refractivity contribution in [2.24, 2.45) is 0 Å². The number of hydrogen-bond donors (Lipinski definition) is 1. The molecule has 5 aromatic rings. The van der Waals surface area contributed by atoms with Crippen molar-refractivity contribution in [1.82, 2.24) is 14.0 Å². The van der Waals surface area contributed by atoms with Crippen molar-refractivity contribution in [2.75, 3.05) is 50.8 Å². The molecule has 6 rings (SSSR count). The third-order valence-electron chi connectivity index (χ3n) is 9.54. The largest absolute Gasteiger partial charge is 0.493 e. The standard InChI is InChI=1S/C43H51ClN4O5S2/c1-43(2,3)53-41(49)20-14-33-29-32(30-34(31-33)21-22-45-55(50,51)37-18-16-36(44)17-19-37)13-15-35-9-4-6-11-39(35)52-28-8-23-47-24-26-48(27-25-47)42-38-10-5-7-12-40(38)54-46-42/h4-7,9-12,16-19,29-31,45H,8,13-15,20-28H2,1-3H3. The number of nitrogens with one attached hydrogen (secondary N) is 1. The highest BCUT2D eigenvalue weighted by molar-refractivity contribution is 7.89. The predicted molar refractivity (Wildman–Crippen MR) is 223 cm³/mol. The minimum absolute atomic E-state index is 0.170. The molecule has 1 saturated heterocycles. The molecule has 55 heavy (non-hydrogen) atoms. The van der Waals surface area contributed by atoms with Crippen molar-refractivity contribution in [2.45, 2.75) is 69.8 Å². The topological polar surface area (TPSA) is 101 Å². The molecule has 2 heterocycles. The normalized spacial score (nSPS) is 14.0. The molecule has 292 valence electrons. The number of benzene rings is 4. The van der Waals surface area contributed by atoms with Gasteiger partial charge in [-0.25, -0.2) is 13.1 Å². The molecule has 1 N–H and O–H groups in total. The molecule has 0 amide bonds. The Labute approximate surface area is 334 Å². The van der Waals surface area contributed by atoms with Crippen LogP contribution >= 0.6 is 23.1 Å². The minimum atomic E-state index is -3.68. The van der Waals surface area contributed by atoms with Gasteiger partial charge in [0.2, 0.25) is 10.0 Å². The summed E-state index contributed by atoms with van der Waals surface area (Å²) in [5, 5.41) is 1.72. The highest BCUT2D eigenvalue weighted by Crippen LogP contribution is 2.30. The number of nitrogens with zero attached hydrogens (tertiary/aromatic N) is 3. The predicted octanol–water partition coefficient (Wildman–Crippen LogP) is 8.12. The van der Waals surface area contributed by atoms with Crippen LogP contribution in [0.1, 0.15) is 55.9 Å². The quantitative estimate of drug-likeness (QED) is 0.0744. The van der Waals surface area contributed by atoms with Gasteiger partial charge < -0.3 is 14.4 Å². The Balaban J connectivity index is 1.02. The lowest BCUT2D eigenvalue weighted by atomic mass is 9.96. The zero-order chi connectivity index (χ0) is 38.8. The van der Waals surface area contributed by atoms with Crippen LogP contribution in [0.3, 0.4) is 0 Å². The van der Waals surface area contributed by atoms with Gasteiger partial charge >= 0.3 is 5.97 Å². The Morgan fingerprint density at radius 3 is 2.27 bits per heavy atom. The molecule has 12 heteroatoms. The fraction of sp³-hybridized carbons (Fsp3) is 0.395. The summed E-state index contributed by atoms with van der Waals surface area (Å²) in [4.78, 5) is 17.6. The number of hydrogen-bond acceptors (Lipinski definition) is 9. The van der Waals surface area contributed by atoms with Crippen molar-refractivity contribution in [3.05, 3.63) is 118 Å². The molecule has 0 unspecified atom stereocenters. The lowest BCUT2D eigenvalue weighted by Gasteiger charge is -2.35. The van der Waals surface area contributed by atoms with Gasteiger partial charge in [-0.3, -0.25) is 9.69 Å². The van der Waals surface area contributed by atoms with E-state index in [9.17, 15) is 13.2 Å². The first kappa shape index (κ1) is 40.7. The van der Waals surface area contributed by atoms with Crippen molar-refractivity contribution in [1.29, 1.82) is 0 Å². The molecule has 1 aromatic heterocycles. The molecule has 9 nitrogen and oxygen atoms in total. The van der Waals surface area contributed by atoms with Gasteiger partial charge in [-0.15, -0.1) is 0 Å². The maximum absolute atomic E-state index is 12.9. The van der Waals surface area contributed by atoms with E-state index in [1.807, 2.05) is 39.0 Å². The number of carbonyl (C=O) groups excluding carboxylic acids is 1. The van der Waals surface area contributed by atoms with Crippen LogP contribution in [0.15, 0.2) is 95.9 Å². The van der Waals surface area contributed by atoms with Gasteiger partial charge in [-0.1, -0.05) is 60.1 Å². The van der Waals surface area contributed by atoms with Gasteiger partial charge in [-0.2, -0.15) is 4.37 Å². The number of anilines is 1. The number of halogens is 1. The Kier molecular flexibility index (Phi) is 13.9. The van der Waals surface area contributed by atoms with E-state index in [0.29, 0.717) is 24.5 Å². The monoisotopic (exact) mass is 802 g/mol. The summed E-state index contributed by atoms with van der Waals surface area (Å²) in [7, 11) is -3.68. The van der Waals surface area contributed by atoms with Crippen LogP contribution in [0.5, 0.6) is 5.75 Å². The second-order valence-corrected chi connectivity index (χ2v) is 18.0.